The van der Waals surface area contributed by atoms with E-state index < -0.39 is 28.2 Å². The van der Waals surface area contributed by atoms with Crippen molar-refractivity contribution in [2.24, 2.45) is 5.92 Å². The van der Waals surface area contributed by atoms with E-state index in [2.05, 4.69) is 10.9 Å². The van der Waals surface area contributed by atoms with Crippen molar-refractivity contribution < 1.29 is 28.8 Å². The summed E-state index contributed by atoms with van der Waals surface area (Å²) in [5, 5.41) is 20.4. The van der Waals surface area contributed by atoms with Gasteiger partial charge in [0.05, 0.1) is 17.8 Å². The summed E-state index contributed by atoms with van der Waals surface area (Å²) in [6.07, 6.45) is 1.34. The first-order valence-corrected chi connectivity index (χ1v) is 9.65. The maximum absolute atomic E-state index is 12.6. The minimum atomic E-state index is -0.821. The summed E-state index contributed by atoms with van der Waals surface area (Å²) >= 11 is 0. The maximum Gasteiger partial charge on any atom is 0.311 e. The topological polar surface area (TPSA) is 144 Å². The first-order chi connectivity index (χ1) is 15.3. The lowest BCUT2D eigenvalue weighted by molar-refractivity contribution is -0.385. The standard InChI is InChI=1S/C22H21N3O7/c1-13(2)12-32-16-5-3-4-14(10-16)17-8-9-31-20(17)22(28)24-23-21(27)15-6-7-19(26)18(11-15)25(29)30/h3-11,13,26H,12H2,1-2H3,(H,23,27)(H,24,28). The minimum Gasteiger partial charge on any atom is -0.502 e. The van der Waals surface area contributed by atoms with E-state index in [4.69, 9.17) is 9.15 Å². The highest BCUT2D eigenvalue weighted by molar-refractivity contribution is 6.01. The highest BCUT2D eigenvalue weighted by atomic mass is 16.6. The van der Waals surface area contributed by atoms with Gasteiger partial charge in [-0.1, -0.05) is 26.0 Å². The predicted octanol–water partition coefficient (Wildman–Crippen LogP) is 3.67. The Labute approximate surface area is 182 Å². The SMILES string of the molecule is CC(C)COc1cccc(-c2ccoc2C(=O)NNC(=O)c2ccc(O)c([N+](=O)[O-])c2)c1. The highest BCUT2D eigenvalue weighted by Crippen LogP contribution is 2.28. The van der Waals surface area contributed by atoms with Crippen molar-refractivity contribution in [3.05, 3.63) is 76.2 Å². The van der Waals surface area contributed by atoms with Crippen LogP contribution in [-0.2, 0) is 0 Å². The molecule has 32 heavy (non-hydrogen) atoms. The Morgan fingerprint density at radius 1 is 1.12 bits per heavy atom. The van der Waals surface area contributed by atoms with Crippen molar-refractivity contribution in [1.82, 2.24) is 10.9 Å². The summed E-state index contributed by atoms with van der Waals surface area (Å²) in [4.78, 5) is 34.9. The summed E-state index contributed by atoms with van der Waals surface area (Å²) < 4.78 is 11.0. The van der Waals surface area contributed by atoms with Gasteiger partial charge in [-0.2, -0.15) is 0 Å². The van der Waals surface area contributed by atoms with Crippen molar-refractivity contribution >= 4 is 17.5 Å². The van der Waals surface area contributed by atoms with E-state index in [9.17, 15) is 24.8 Å². The summed E-state index contributed by atoms with van der Waals surface area (Å²) in [5.41, 5.74) is 4.81. The zero-order valence-corrected chi connectivity index (χ0v) is 17.3. The number of phenols is 1. The molecule has 166 valence electrons. The Morgan fingerprint density at radius 2 is 1.88 bits per heavy atom. The van der Waals surface area contributed by atoms with Gasteiger partial charge >= 0.3 is 11.6 Å². The van der Waals surface area contributed by atoms with E-state index in [1.54, 1.807) is 24.3 Å². The Bertz CT molecular complexity index is 1150. The van der Waals surface area contributed by atoms with E-state index in [-0.39, 0.29) is 11.3 Å². The molecule has 0 unspecified atom stereocenters. The number of nitrogens with zero attached hydrogens (tertiary/aromatic N) is 1. The maximum atomic E-state index is 12.6. The van der Waals surface area contributed by atoms with Crippen LogP contribution >= 0.6 is 0 Å². The number of nitrogens with one attached hydrogen (secondary N) is 2. The van der Waals surface area contributed by atoms with E-state index >= 15 is 0 Å². The number of phenolic OH excluding ortho intramolecular Hbond substituents is 1. The van der Waals surface area contributed by atoms with Crippen LogP contribution in [0.25, 0.3) is 11.1 Å². The molecule has 10 heteroatoms. The molecule has 0 radical (unpaired) electrons. The van der Waals surface area contributed by atoms with Gasteiger partial charge in [0.2, 0.25) is 5.76 Å². The van der Waals surface area contributed by atoms with Crippen LogP contribution in [-0.4, -0.2) is 28.5 Å². The van der Waals surface area contributed by atoms with Gasteiger partial charge in [0, 0.05) is 17.2 Å². The molecule has 0 spiro atoms. The third kappa shape index (κ3) is 5.22. The summed E-state index contributed by atoms with van der Waals surface area (Å²) in [6, 6.07) is 11.9. The molecule has 1 heterocycles. The number of nitro benzene ring substituents is 1. The lowest BCUT2D eigenvalue weighted by Crippen LogP contribution is -2.41. The molecular formula is C22H21N3O7. The quantitative estimate of drug-likeness (QED) is 0.376. The second-order valence-electron chi connectivity index (χ2n) is 7.26. The molecule has 3 rings (SSSR count). The Kier molecular flexibility index (Phi) is 6.74. The van der Waals surface area contributed by atoms with Crippen LogP contribution in [0.3, 0.4) is 0 Å². The predicted molar refractivity (Wildman–Crippen MR) is 114 cm³/mol. The number of benzene rings is 2. The fourth-order valence-corrected chi connectivity index (χ4v) is 2.78. The van der Waals surface area contributed by atoms with Crippen molar-refractivity contribution in [2.45, 2.75) is 13.8 Å². The number of furan rings is 1. The van der Waals surface area contributed by atoms with Crippen LogP contribution in [0.1, 0.15) is 34.8 Å². The largest absolute Gasteiger partial charge is 0.502 e. The minimum absolute atomic E-state index is 0.0389. The molecule has 2 aromatic carbocycles. The summed E-state index contributed by atoms with van der Waals surface area (Å²) in [7, 11) is 0. The number of carbonyl (C=O) groups excluding carboxylic acids is 2. The molecular weight excluding hydrogens is 418 g/mol. The number of rotatable bonds is 7. The number of ether oxygens (including phenoxy) is 1. The van der Waals surface area contributed by atoms with Crippen molar-refractivity contribution in [1.29, 1.82) is 0 Å². The molecule has 0 fully saturated rings. The van der Waals surface area contributed by atoms with Crippen LogP contribution < -0.4 is 15.6 Å². The zero-order chi connectivity index (χ0) is 23.3. The summed E-state index contributed by atoms with van der Waals surface area (Å²) in [5.74, 6) is -1.14. The smallest absolute Gasteiger partial charge is 0.311 e. The lowest BCUT2D eigenvalue weighted by atomic mass is 10.1. The van der Waals surface area contributed by atoms with Crippen LogP contribution in [0.2, 0.25) is 0 Å². The van der Waals surface area contributed by atoms with Crippen molar-refractivity contribution in [3.63, 3.8) is 0 Å². The zero-order valence-electron chi connectivity index (χ0n) is 17.3. The third-order valence-electron chi connectivity index (χ3n) is 4.32. The molecule has 0 saturated carbocycles. The fraction of sp³-hybridized carbons (Fsp3) is 0.182. The fourth-order valence-electron chi connectivity index (χ4n) is 2.78. The number of hydrazine groups is 1. The van der Waals surface area contributed by atoms with E-state index in [1.165, 1.54) is 12.3 Å². The normalized spacial score (nSPS) is 10.6. The molecule has 0 aliphatic rings. The molecule has 1 aromatic heterocycles. The van der Waals surface area contributed by atoms with Crippen molar-refractivity contribution in [3.8, 4) is 22.6 Å². The number of aromatic hydroxyl groups is 1. The van der Waals surface area contributed by atoms with Gasteiger partial charge in [0.1, 0.15) is 5.75 Å². The lowest BCUT2D eigenvalue weighted by Gasteiger charge is -2.10. The van der Waals surface area contributed by atoms with Gasteiger partial charge in [-0.25, -0.2) is 0 Å². The number of nitro groups is 1. The van der Waals surface area contributed by atoms with E-state index in [0.29, 0.717) is 29.4 Å². The Morgan fingerprint density at radius 3 is 2.59 bits per heavy atom. The van der Waals surface area contributed by atoms with E-state index in [0.717, 1.165) is 12.1 Å². The average Bonchev–Trinajstić information content (AvgIpc) is 3.26. The number of carbonyl (C=O) groups is 2. The molecule has 2 amide bonds. The van der Waals surface area contributed by atoms with Gasteiger partial charge in [-0.3, -0.25) is 30.6 Å². The van der Waals surface area contributed by atoms with Gasteiger partial charge < -0.3 is 14.3 Å². The molecule has 0 aliphatic carbocycles. The second kappa shape index (κ2) is 9.65. The average molecular weight is 439 g/mol. The van der Waals surface area contributed by atoms with Crippen LogP contribution in [0.15, 0.2) is 59.2 Å². The molecule has 3 N–H and O–H groups in total. The Balaban J connectivity index is 1.71. The van der Waals surface area contributed by atoms with Crippen molar-refractivity contribution in [2.75, 3.05) is 6.61 Å². The van der Waals surface area contributed by atoms with Crippen LogP contribution in [0.4, 0.5) is 5.69 Å². The third-order valence-corrected chi connectivity index (χ3v) is 4.32. The summed E-state index contributed by atoms with van der Waals surface area (Å²) in [6.45, 7) is 4.61. The van der Waals surface area contributed by atoms with E-state index in [1.807, 2.05) is 19.9 Å². The monoisotopic (exact) mass is 439 g/mol. The Hall–Kier alpha value is -4.34. The second-order valence-corrected chi connectivity index (χ2v) is 7.26. The first-order valence-electron chi connectivity index (χ1n) is 9.65. The molecule has 0 saturated heterocycles. The van der Waals surface area contributed by atoms with Gasteiger partial charge in [-0.05, 0) is 41.8 Å². The van der Waals surface area contributed by atoms with Gasteiger partial charge in [0.15, 0.2) is 5.75 Å². The molecule has 0 atom stereocenters. The number of hydrogen-bond donors (Lipinski definition) is 3. The molecule has 0 aliphatic heterocycles. The first kappa shape index (κ1) is 22.3. The highest BCUT2D eigenvalue weighted by Gasteiger charge is 2.20. The number of hydrogen-bond acceptors (Lipinski definition) is 7. The molecule has 3 aromatic rings. The molecule has 10 nitrogen and oxygen atoms in total. The van der Waals surface area contributed by atoms with Gasteiger partial charge in [0.25, 0.3) is 5.91 Å². The van der Waals surface area contributed by atoms with Crippen LogP contribution in [0, 0.1) is 16.0 Å². The van der Waals surface area contributed by atoms with Gasteiger partial charge in [-0.15, -0.1) is 0 Å². The number of amides is 2. The van der Waals surface area contributed by atoms with Crippen LogP contribution in [0.5, 0.6) is 11.5 Å². The molecule has 0 bridgehead atoms.